The van der Waals surface area contributed by atoms with Crippen LogP contribution in [-0.4, -0.2) is 21.1 Å². The molecule has 0 spiro atoms. The lowest BCUT2D eigenvalue weighted by Gasteiger charge is -2.16. The normalized spacial score (nSPS) is 11.1. The Morgan fingerprint density at radius 3 is 2.64 bits per heavy atom. The van der Waals surface area contributed by atoms with Crippen molar-refractivity contribution in [1.82, 2.24) is 15.4 Å². The van der Waals surface area contributed by atoms with E-state index in [-0.39, 0.29) is 11.1 Å². The third kappa shape index (κ3) is 2.26. The summed E-state index contributed by atoms with van der Waals surface area (Å²) in [6, 6.07) is 1.45. The van der Waals surface area contributed by atoms with Crippen LogP contribution in [0.2, 0.25) is 0 Å². The first-order chi connectivity index (χ1) is 6.45. The number of carbonyl (C=O) groups is 1. The van der Waals surface area contributed by atoms with E-state index in [1.165, 1.54) is 17.7 Å². The maximum Gasteiger partial charge on any atom is 0.293 e. The fourth-order valence-corrected chi connectivity index (χ4v) is 0.904. The second-order valence-electron chi connectivity index (χ2n) is 3.96. The van der Waals surface area contributed by atoms with E-state index in [1.54, 1.807) is 0 Å². The van der Waals surface area contributed by atoms with Crippen LogP contribution in [0.3, 0.4) is 0 Å². The highest BCUT2D eigenvalue weighted by atomic mass is 16.5. The second kappa shape index (κ2) is 3.71. The van der Waals surface area contributed by atoms with Gasteiger partial charge in [-0.15, -0.1) is 0 Å². The molecule has 1 aromatic heterocycles. The van der Waals surface area contributed by atoms with Gasteiger partial charge in [0.15, 0.2) is 0 Å². The van der Waals surface area contributed by atoms with Crippen LogP contribution in [0.15, 0.2) is 12.3 Å². The van der Waals surface area contributed by atoms with Gasteiger partial charge in [0.25, 0.3) is 5.91 Å². The molecule has 2 N–H and O–H groups in total. The number of rotatable bonds is 1. The van der Waals surface area contributed by atoms with Crippen LogP contribution in [-0.2, 0) is 5.41 Å². The van der Waals surface area contributed by atoms with E-state index in [2.05, 4.69) is 9.97 Å². The summed E-state index contributed by atoms with van der Waals surface area (Å²) in [5.41, 5.74) is 1.47. The predicted octanol–water partition coefficient (Wildman–Crippen LogP) is 0.893. The van der Waals surface area contributed by atoms with Gasteiger partial charge >= 0.3 is 0 Å². The molecule has 14 heavy (non-hydrogen) atoms. The second-order valence-corrected chi connectivity index (χ2v) is 3.96. The molecule has 76 valence electrons. The summed E-state index contributed by atoms with van der Waals surface area (Å²) in [6.45, 7) is 5.84. The monoisotopic (exact) mass is 195 g/mol. The van der Waals surface area contributed by atoms with Crippen LogP contribution < -0.4 is 5.48 Å². The van der Waals surface area contributed by atoms with Crippen molar-refractivity contribution in [1.29, 1.82) is 0 Å². The minimum absolute atomic E-state index is 0.160. The van der Waals surface area contributed by atoms with Crippen molar-refractivity contribution >= 4 is 5.91 Å². The third-order valence-corrected chi connectivity index (χ3v) is 1.66. The summed E-state index contributed by atoms with van der Waals surface area (Å²) in [6.07, 6.45) is 1.50. The molecular formula is C9H13N3O2. The Balaban J connectivity index is 3.08. The highest BCUT2D eigenvalue weighted by Crippen LogP contribution is 2.17. The van der Waals surface area contributed by atoms with Crippen LogP contribution in [0.1, 0.15) is 37.1 Å². The van der Waals surface area contributed by atoms with E-state index < -0.39 is 5.91 Å². The van der Waals surface area contributed by atoms with Crippen molar-refractivity contribution in [2.75, 3.05) is 0 Å². The molecule has 0 unspecified atom stereocenters. The fraction of sp³-hybridized carbons (Fsp3) is 0.444. The van der Waals surface area contributed by atoms with Gasteiger partial charge in [0.1, 0.15) is 11.5 Å². The first kappa shape index (κ1) is 10.6. The number of hydrogen-bond donors (Lipinski definition) is 2. The average Bonchev–Trinajstić information content (AvgIpc) is 2.15. The van der Waals surface area contributed by atoms with Crippen LogP contribution in [0.25, 0.3) is 0 Å². The summed E-state index contributed by atoms with van der Waals surface area (Å²) >= 11 is 0. The Labute approximate surface area is 82.2 Å². The van der Waals surface area contributed by atoms with Crippen LogP contribution in [0.5, 0.6) is 0 Å². The maximum atomic E-state index is 11.0. The lowest BCUT2D eigenvalue weighted by atomic mass is 9.96. The number of hydroxylamine groups is 1. The van der Waals surface area contributed by atoms with Gasteiger partial charge in [-0.05, 0) is 6.07 Å². The predicted molar refractivity (Wildman–Crippen MR) is 50.0 cm³/mol. The van der Waals surface area contributed by atoms with Crippen LogP contribution >= 0.6 is 0 Å². The van der Waals surface area contributed by atoms with Gasteiger partial charge in [0, 0.05) is 11.6 Å². The largest absolute Gasteiger partial charge is 0.293 e. The molecule has 0 aliphatic rings. The number of nitrogens with one attached hydrogen (secondary N) is 1. The molecule has 0 atom stereocenters. The minimum Gasteiger partial charge on any atom is -0.288 e. The molecule has 5 nitrogen and oxygen atoms in total. The van der Waals surface area contributed by atoms with E-state index in [0.29, 0.717) is 5.82 Å². The quantitative estimate of drug-likeness (QED) is 0.515. The zero-order chi connectivity index (χ0) is 10.8. The lowest BCUT2D eigenvalue weighted by Crippen LogP contribution is -2.23. The first-order valence-corrected chi connectivity index (χ1v) is 4.23. The molecule has 1 rings (SSSR count). The smallest absolute Gasteiger partial charge is 0.288 e. The molecule has 0 bridgehead atoms. The van der Waals surface area contributed by atoms with Crippen molar-refractivity contribution in [2.24, 2.45) is 0 Å². The van der Waals surface area contributed by atoms with Crippen molar-refractivity contribution in [3.8, 4) is 0 Å². The Kier molecular flexibility index (Phi) is 2.81. The average molecular weight is 195 g/mol. The van der Waals surface area contributed by atoms with Crippen LogP contribution in [0, 0.1) is 0 Å². The Bertz CT molecular complexity index is 344. The van der Waals surface area contributed by atoms with Gasteiger partial charge in [0.2, 0.25) is 0 Å². The van der Waals surface area contributed by atoms with E-state index in [1.807, 2.05) is 20.8 Å². The summed E-state index contributed by atoms with van der Waals surface area (Å²) in [5.74, 6) is -0.0588. The van der Waals surface area contributed by atoms with Crippen molar-refractivity contribution < 1.29 is 10.0 Å². The molecule has 0 aliphatic heterocycles. The van der Waals surface area contributed by atoms with Gasteiger partial charge < -0.3 is 0 Å². The molecule has 0 radical (unpaired) electrons. The Morgan fingerprint density at radius 1 is 1.50 bits per heavy atom. The standard InChI is InChI=1S/C9H13N3O2/c1-9(2,3)8-10-5-4-6(11-8)7(13)12-14/h4-5,14H,1-3H3,(H,12,13). The maximum absolute atomic E-state index is 11.0. The van der Waals surface area contributed by atoms with Gasteiger partial charge in [-0.3, -0.25) is 10.0 Å². The molecular weight excluding hydrogens is 182 g/mol. The van der Waals surface area contributed by atoms with Gasteiger partial charge in [-0.2, -0.15) is 0 Å². The molecule has 0 aromatic carbocycles. The number of nitrogens with zero attached hydrogens (tertiary/aromatic N) is 2. The Morgan fingerprint density at radius 2 is 2.14 bits per heavy atom. The first-order valence-electron chi connectivity index (χ1n) is 4.23. The molecule has 0 saturated heterocycles. The molecule has 1 amide bonds. The SMILES string of the molecule is CC(C)(C)c1nccc(C(=O)NO)n1. The van der Waals surface area contributed by atoms with Crippen molar-refractivity contribution in [3.05, 3.63) is 23.8 Å². The molecule has 0 aliphatic carbocycles. The molecule has 1 aromatic rings. The van der Waals surface area contributed by atoms with Crippen molar-refractivity contribution in [3.63, 3.8) is 0 Å². The number of aromatic nitrogens is 2. The van der Waals surface area contributed by atoms with E-state index in [9.17, 15) is 4.79 Å². The number of amides is 1. The summed E-state index contributed by atoms with van der Waals surface area (Å²) in [5, 5.41) is 8.42. The van der Waals surface area contributed by atoms with Crippen LogP contribution in [0.4, 0.5) is 0 Å². The van der Waals surface area contributed by atoms with Gasteiger partial charge in [-0.25, -0.2) is 15.4 Å². The third-order valence-electron chi connectivity index (χ3n) is 1.66. The summed E-state index contributed by atoms with van der Waals surface area (Å²) < 4.78 is 0. The fourth-order valence-electron chi connectivity index (χ4n) is 0.904. The molecule has 0 fully saturated rings. The minimum atomic E-state index is -0.627. The molecule has 5 heteroatoms. The molecule has 0 saturated carbocycles. The number of hydrogen-bond acceptors (Lipinski definition) is 4. The topological polar surface area (TPSA) is 75.1 Å². The van der Waals surface area contributed by atoms with Gasteiger partial charge in [0.05, 0.1) is 0 Å². The van der Waals surface area contributed by atoms with E-state index >= 15 is 0 Å². The summed E-state index contributed by atoms with van der Waals surface area (Å²) in [4.78, 5) is 19.1. The zero-order valence-corrected chi connectivity index (χ0v) is 8.40. The highest BCUT2D eigenvalue weighted by Gasteiger charge is 2.18. The molecule has 1 heterocycles. The van der Waals surface area contributed by atoms with E-state index in [0.717, 1.165) is 0 Å². The zero-order valence-electron chi connectivity index (χ0n) is 8.40. The lowest BCUT2D eigenvalue weighted by molar-refractivity contribution is 0.0700. The Hall–Kier alpha value is -1.49. The van der Waals surface area contributed by atoms with Crippen molar-refractivity contribution in [2.45, 2.75) is 26.2 Å². The summed E-state index contributed by atoms with van der Waals surface area (Å²) in [7, 11) is 0. The number of carbonyl (C=O) groups excluding carboxylic acids is 1. The van der Waals surface area contributed by atoms with Gasteiger partial charge in [-0.1, -0.05) is 20.8 Å². The highest BCUT2D eigenvalue weighted by molar-refractivity contribution is 5.91. The van der Waals surface area contributed by atoms with E-state index in [4.69, 9.17) is 5.21 Å².